The summed E-state index contributed by atoms with van der Waals surface area (Å²) < 4.78 is 0. The number of para-hydroxylation sites is 1. The molecule has 0 saturated heterocycles. The second-order valence-electron chi connectivity index (χ2n) is 4.69. The first-order valence-corrected chi connectivity index (χ1v) is 6.07. The number of nitrogens with zero attached hydrogens (tertiary/aromatic N) is 1. The lowest BCUT2D eigenvalue weighted by atomic mass is 9.94. The summed E-state index contributed by atoms with van der Waals surface area (Å²) >= 11 is 0. The van der Waals surface area contributed by atoms with Crippen LogP contribution >= 0.6 is 0 Å². The molecule has 0 saturated carbocycles. The van der Waals surface area contributed by atoms with Crippen LogP contribution < -0.4 is 4.90 Å². The highest BCUT2D eigenvalue weighted by Crippen LogP contribution is 2.29. The van der Waals surface area contributed by atoms with Crippen LogP contribution in [0.5, 0.6) is 0 Å². The molecule has 0 aliphatic carbocycles. The van der Waals surface area contributed by atoms with Crippen molar-refractivity contribution in [1.82, 2.24) is 0 Å². The third kappa shape index (κ3) is 2.39. The normalized spacial score (nSPS) is 19.0. The minimum Gasteiger partial charge on any atom is -0.371 e. The monoisotopic (exact) mass is 213 g/mol. The number of terminal acetylenes is 1. The molecular formula is C15H19N. The van der Waals surface area contributed by atoms with E-state index in [9.17, 15) is 0 Å². The first-order chi connectivity index (χ1) is 7.81. The van der Waals surface area contributed by atoms with E-state index in [0.717, 1.165) is 25.3 Å². The zero-order valence-electron chi connectivity index (χ0n) is 9.95. The molecular weight excluding hydrogens is 194 g/mol. The maximum absolute atomic E-state index is 5.30. The highest BCUT2D eigenvalue weighted by Gasteiger charge is 2.20. The molecule has 16 heavy (non-hydrogen) atoms. The van der Waals surface area contributed by atoms with E-state index in [0.29, 0.717) is 0 Å². The van der Waals surface area contributed by atoms with Gasteiger partial charge in [0, 0.05) is 25.2 Å². The van der Waals surface area contributed by atoms with Gasteiger partial charge in [-0.3, -0.25) is 0 Å². The van der Waals surface area contributed by atoms with E-state index in [1.165, 1.54) is 24.2 Å². The second-order valence-corrected chi connectivity index (χ2v) is 4.69. The Morgan fingerprint density at radius 3 is 3.06 bits per heavy atom. The van der Waals surface area contributed by atoms with Gasteiger partial charge in [0.15, 0.2) is 0 Å². The quantitative estimate of drug-likeness (QED) is 0.551. The van der Waals surface area contributed by atoms with Gasteiger partial charge in [0.1, 0.15) is 0 Å². The molecule has 84 valence electrons. The third-order valence-corrected chi connectivity index (χ3v) is 3.18. The average Bonchev–Trinajstić information content (AvgIpc) is 2.29. The van der Waals surface area contributed by atoms with Crippen molar-refractivity contribution in [3.8, 4) is 12.3 Å². The van der Waals surface area contributed by atoms with Gasteiger partial charge in [-0.05, 0) is 30.4 Å². The maximum atomic E-state index is 5.30. The van der Waals surface area contributed by atoms with Gasteiger partial charge in [-0.25, -0.2) is 0 Å². The topological polar surface area (TPSA) is 3.24 Å². The molecule has 0 N–H and O–H groups in total. The zero-order valence-corrected chi connectivity index (χ0v) is 9.95. The Bertz CT molecular complexity index is 389. The van der Waals surface area contributed by atoms with Crippen LogP contribution in [-0.4, -0.2) is 13.1 Å². The molecule has 0 bridgehead atoms. The number of anilines is 1. The summed E-state index contributed by atoms with van der Waals surface area (Å²) in [5.41, 5.74) is 2.90. The summed E-state index contributed by atoms with van der Waals surface area (Å²) in [5.74, 6) is 3.47. The highest BCUT2D eigenvalue weighted by molar-refractivity contribution is 5.55. The number of rotatable bonds is 3. The van der Waals surface area contributed by atoms with Gasteiger partial charge in [0.25, 0.3) is 0 Å². The first kappa shape index (κ1) is 11.1. The van der Waals surface area contributed by atoms with Gasteiger partial charge in [-0.1, -0.05) is 25.1 Å². The SMILES string of the molecule is C#CCCCN1CC(C)Cc2ccccc21. The smallest absolute Gasteiger partial charge is 0.0398 e. The fourth-order valence-electron chi connectivity index (χ4n) is 2.49. The molecule has 1 unspecified atom stereocenters. The van der Waals surface area contributed by atoms with Crippen LogP contribution in [0.15, 0.2) is 24.3 Å². The first-order valence-electron chi connectivity index (χ1n) is 6.07. The van der Waals surface area contributed by atoms with E-state index in [1.54, 1.807) is 0 Å². The van der Waals surface area contributed by atoms with Crippen LogP contribution in [0.3, 0.4) is 0 Å². The average molecular weight is 213 g/mol. The zero-order chi connectivity index (χ0) is 11.4. The van der Waals surface area contributed by atoms with Crippen LogP contribution in [0, 0.1) is 18.3 Å². The molecule has 0 aromatic heterocycles. The van der Waals surface area contributed by atoms with Crippen LogP contribution in [0.2, 0.25) is 0 Å². The van der Waals surface area contributed by atoms with E-state index in [2.05, 4.69) is 42.0 Å². The van der Waals surface area contributed by atoms with Crippen molar-refractivity contribution in [2.24, 2.45) is 5.92 Å². The summed E-state index contributed by atoms with van der Waals surface area (Å²) in [6.45, 7) is 4.58. The van der Waals surface area contributed by atoms with E-state index >= 15 is 0 Å². The fraction of sp³-hybridized carbons (Fsp3) is 0.467. The van der Waals surface area contributed by atoms with Crippen LogP contribution in [0.1, 0.15) is 25.3 Å². The molecule has 1 aromatic rings. The lowest BCUT2D eigenvalue weighted by Gasteiger charge is -2.34. The van der Waals surface area contributed by atoms with E-state index in [1.807, 2.05) is 0 Å². The van der Waals surface area contributed by atoms with Gasteiger partial charge >= 0.3 is 0 Å². The van der Waals surface area contributed by atoms with Gasteiger partial charge in [0.05, 0.1) is 0 Å². The van der Waals surface area contributed by atoms with Crippen molar-refractivity contribution in [2.45, 2.75) is 26.2 Å². The summed E-state index contributed by atoms with van der Waals surface area (Å²) in [6, 6.07) is 8.75. The Morgan fingerprint density at radius 1 is 1.44 bits per heavy atom. The largest absolute Gasteiger partial charge is 0.371 e. The number of benzene rings is 1. The molecule has 1 aliphatic rings. The molecule has 2 rings (SSSR count). The highest BCUT2D eigenvalue weighted by atomic mass is 15.1. The van der Waals surface area contributed by atoms with Gasteiger partial charge in [-0.2, -0.15) is 0 Å². The van der Waals surface area contributed by atoms with E-state index in [-0.39, 0.29) is 0 Å². The molecule has 1 aliphatic heterocycles. The van der Waals surface area contributed by atoms with E-state index in [4.69, 9.17) is 6.42 Å². The Morgan fingerprint density at radius 2 is 2.25 bits per heavy atom. The molecule has 1 nitrogen and oxygen atoms in total. The van der Waals surface area contributed by atoms with Gasteiger partial charge in [0.2, 0.25) is 0 Å². The predicted molar refractivity (Wildman–Crippen MR) is 69.6 cm³/mol. The minimum absolute atomic E-state index is 0.751. The van der Waals surface area contributed by atoms with Crippen LogP contribution in [0.4, 0.5) is 5.69 Å². The van der Waals surface area contributed by atoms with Crippen molar-refractivity contribution in [2.75, 3.05) is 18.0 Å². The number of hydrogen-bond acceptors (Lipinski definition) is 1. The molecule has 0 amide bonds. The standard InChI is InChI=1S/C15H19N/c1-3-4-7-10-16-12-13(2)11-14-8-5-6-9-15(14)16/h1,5-6,8-9,13H,4,7,10-12H2,2H3. The van der Waals surface area contributed by atoms with Crippen LogP contribution in [-0.2, 0) is 6.42 Å². The van der Waals surface area contributed by atoms with Crippen LogP contribution in [0.25, 0.3) is 0 Å². The Labute approximate surface area is 98.5 Å². The molecule has 0 radical (unpaired) electrons. The van der Waals surface area contributed by atoms with Gasteiger partial charge < -0.3 is 4.90 Å². The Kier molecular flexibility index (Phi) is 3.51. The summed E-state index contributed by atoms with van der Waals surface area (Å²) in [5, 5.41) is 0. The molecule has 1 aromatic carbocycles. The molecule has 1 atom stereocenters. The van der Waals surface area contributed by atoms with Crippen molar-refractivity contribution in [3.63, 3.8) is 0 Å². The fourth-order valence-corrected chi connectivity index (χ4v) is 2.49. The lowest BCUT2D eigenvalue weighted by Crippen LogP contribution is -2.34. The predicted octanol–water partition coefficient (Wildman–Crippen LogP) is 3.10. The molecule has 1 heterocycles. The van der Waals surface area contributed by atoms with Crippen molar-refractivity contribution in [3.05, 3.63) is 29.8 Å². The lowest BCUT2D eigenvalue weighted by molar-refractivity contribution is 0.527. The number of fused-ring (bicyclic) bond motifs is 1. The minimum atomic E-state index is 0.751. The van der Waals surface area contributed by atoms with E-state index < -0.39 is 0 Å². The molecule has 1 heteroatoms. The number of hydrogen-bond donors (Lipinski definition) is 0. The summed E-state index contributed by atoms with van der Waals surface area (Å²) in [6.07, 6.45) is 8.48. The summed E-state index contributed by atoms with van der Waals surface area (Å²) in [4.78, 5) is 2.49. The Hall–Kier alpha value is -1.42. The molecule has 0 fully saturated rings. The third-order valence-electron chi connectivity index (χ3n) is 3.18. The van der Waals surface area contributed by atoms with Crippen molar-refractivity contribution < 1.29 is 0 Å². The van der Waals surface area contributed by atoms with Gasteiger partial charge in [-0.15, -0.1) is 12.3 Å². The molecule has 0 spiro atoms. The number of unbranched alkanes of at least 4 members (excludes halogenated alkanes) is 1. The maximum Gasteiger partial charge on any atom is 0.0398 e. The van der Waals surface area contributed by atoms with Crippen molar-refractivity contribution >= 4 is 5.69 Å². The summed E-state index contributed by atoms with van der Waals surface area (Å²) in [7, 11) is 0. The Balaban J connectivity index is 2.11. The second kappa shape index (κ2) is 5.07. The van der Waals surface area contributed by atoms with Crippen molar-refractivity contribution in [1.29, 1.82) is 0 Å².